The molecule has 3 heterocycles. The maximum atomic E-state index is 11.6. The van der Waals surface area contributed by atoms with E-state index in [1.165, 1.54) is 28.4 Å². The number of aromatic nitrogens is 3. The van der Waals surface area contributed by atoms with Crippen LogP contribution in [0.25, 0.3) is 0 Å². The molecular weight excluding hydrogens is 344 g/mol. The smallest absolute Gasteiger partial charge is 0.352 e. The Labute approximate surface area is 137 Å². The minimum atomic E-state index is -1.14. The standard InChI is InChI=1S/C12H12N4O5S2/c1-15-12(13-9(18)10(19)14-15)23-4-5-3-22-7-2-6(17)16(7)8(5)11(20)21/h7H,2-4H2,1H3,(H,14,19)(H,20,21). The first kappa shape index (κ1) is 15.9. The van der Waals surface area contributed by atoms with Crippen LogP contribution in [0, 0.1) is 0 Å². The van der Waals surface area contributed by atoms with Crippen molar-refractivity contribution in [2.75, 3.05) is 11.5 Å². The van der Waals surface area contributed by atoms with E-state index in [2.05, 4.69) is 10.1 Å². The van der Waals surface area contributed by atoms with Crippen molar-refractivity contribution in [2.24, 2.45) is 7.05 Å². The zero-order valence-electron chi connectivity index (χ0n) is 11.9. The van der Waals surface area contributed by atoms with Gasteiger partial charge in [-0.25, -0.2) is 4.79 Å². The van der Waals surface area contributed by atoms with E-state index in [0.29, 0.717) is 17.7 Å². The summed E-state index contributed by atoms with van der Waals surface area (Å²) in [6, 6.07) is 0. The molecule has 2 N–H and O–H groups in total. The second kappa shape index (κ2) is 5.89. The molecule has 11 heteroatoms. The third-order valence-corrected chi connectivity index (χ3v) is 5.85. The molecule has 0 spiro atoms. The van der Waals surface area contributed by atoms with E-state index in [9.17, 15) is 24.3 Å². The van der Waals surface area contributed by atoms with Crippen molar-refractivity contribution in [2.45, 2.75) is 17.0 Å². The van der Waals surface area contributed by atoms with Crippen molar-refractivity contribution in [1.29, 1.82) is 0 Å². The summed E-state index contributed by atoms with van der Waals surface area (Å²) in [4.78, 5) is 50.6. The van der Waals surface area contributed by atoms with Gasteiger partial charge in [0.05, 0.1) is 11.8 Å². The molecule has 1 aromatic heterocycles. The topological polar surface area (TPSA) is 125 Å². The van der Waals surface area contributed by atoms with Gasteiger partial charge in [0.1, 0.15) is 5.70 Å². The monoisotopic (exact) mass is 356 g/mol. The highest BCUT2D eigenvalue weighted by atomic mass is 32.2. The number of carboxylic acids is 1. The van der Waals surface area contributed by atoms with E-state index >= 15 is 0 Å². The summed E-state index contributed by atoms with van der Waals surface area (Å²) in [6.45, 7) is 0. The maximum absolute atomic E-state index is 11.6. The Kier molecular flexibility index (Phi) is 4.06. The molecular formula is C12H12N4O5S2. The van der Waals surface area contributed by atoms with Crippen molar-refractivity contribution in [1.82, 2.24) is 19.7 Å². The normalized spacial score (nSPS) is 20.3. The third kappa shape index (κ3) is 2.81. The number of H-pyrrole nitrogens is 1. The number of aliphatic carboxylic acids is 1. The van der Waals surface area contributed by atoms with E-state index in [0.717, 1.165) is 11.8 Å². The van der Waals surface area contributed by atoms with Gasteiger partial charge in [-0.1, -0.05) is 11.8 Å². The van der Waals surface area contributed by atoms with Crippen molar-refractivity contribution in [3.63, 3.8) is 0 Å². The Bertz CT molecular complexity index is 843. The second-order valence-corrected chi connectivity index (χ2v) is 7.09. The Hall–Kier alpha value is -2.01. The minimum absolute atomic E-state index is 0.0203. The van der Waals surface area contributed by atoms with Gasteiger partial charge in [-0.3, -0.25) is 29.1 Å². The lowest BCUT2D eigenvalue weighted by molar-refractivity contribution is -0.146. The molecule has 1 unspecified atom stereocenters. The van der Waals surface area contributed by atoms with E-state index in [-0.39, 0.29) is 27.9 Å². The molecule has 1 aromatic rings. The molecule has 122 valence electrons. The number of nitrogens with zero attached hydrogens (tertiary/aromatic N) is 3. The zero-order chi connectivity index (χ0) is 16.7. The number of hydrogen-bond acceptors (Lipinski definition) is 7. The average Bonchev–Trinajstić information content (AvgIpc) is 2.48. The van der Waals surface area contributed by atoms with Crippen LogP contribution in [0.15, 0.2) is 26.0 Å². The molecule has 2 aliphatic rings. The van der Waals surface area contributed by atoms with Crippen LogP contribution in [0.3, 0.4) is 0 Å². The Morgan fingerprint density at radius 3 is 2.87 bits per heavy atom. The van der Waals surface area contributed by atoms with E-state index in [4.69, 9.17) is 0 Å². The largest absolute Gasteiger partial charge is 0.477 e. The van der Waals surface area contributed by atoms with Crippen LogP contribution in [-0.2, 0) is 16.6 Å². The van der Waals surface area contributed by atoms with Gasteiger partial charge in [0, 0.05) is 18.6 Å². The van der Waals surface area contributed by atoms with Gasteiger partial charge in [0.25, 0.3) is 0 Å². The first-order valence-corrected chi connectivity index (χ1v) is 8.61. The summed E-state index contributed by atoms with van der Waals surface area (Å²) >= 11 is 2.65. The predicted octanol–water partition coefficient (Wildman–Crippen LogP) is -0.795. The molecule has 0 bridgehead atoms. The summed E-state index contributed by atoms with van der Waals surface area (Å²) in [6.07, 6.45) is 0.359. The highest BCUT2D eigenvalue weighted by Crippen LogP contribution is 2.40. The summed E-state index contributed by atoms with van der Waals surface area (Å²) in [7, 11) is 1.53. The number of carbonyl (C=O) groups is 2. The Balaban J connectivity index is 1.86. The Morgan fingerprint density at radius 1 is 1.48 bits per heavy atom. The highest BCUT2D eigenvalue weighted by molar-refractivity contribution is 8.00. The van der Waals surface area contributed by atoms with Gasteiger partial charge >= 0.3 is 17.1 Å². The minimum Gasteiger partial charge on any atom is -0.477 e. The van der Waals surface area contributed by atoms with Crippen LogP contribution in [-0.4, -0.2) is 53.5 Å². The highest BCUT2D eigenvalue weighted by Gasteiger charge is 2.45. The lowest BCUT2D eigenvalue weighted by Crippen LogP contribution is -2.54. The molecule has 9 nitrogen and oxygen atoms in total. The molecule has 0 radical (unpaired) electrons. The van der Waals surface area contributed by atoms with E-state index in [1.807, 2.05) is 0 Å². The number of β-lactam (4-membered cyclic amide) rings is 1. The number of fused-ring (bicyclic) bond motifs is 1. The lowest BCUT2D eigenvalue weighted by atomic mass is 10.1. The van der Waals surface area contributed by atoms with E-state index < -0.39 is 17.1 Å². The number of thioether (sulfide) groups is 2. The second-order valence-electron chi connectivity index (χ2n) is 4.98. The fourth-order valence-electron chi connectivity index (χ4n) is 2.33. The van der Waals surface area contributed by atoms with Crippen LogP contribution in [0.4, 0.5) is 0 Å². The molecule has 2 aliphatic heterocycles. The van der Waals surface area contributed by atoms with Gasteiger partial charge in [-0.2, -0.15) is 4.98 Å². The summed E-state index contributed by atoms with van der Waals surface area (Å²) in [5.74, 6) is -0.573. The Morgan fingerprint density at radius 2 is 2.22 bits per heavy atom. The number of carbonyl (C=O) groups excluding carboxylic acids is 1. The number of amides is 1. The predicted molar refractivity (Wildman–Crippen MR) is 83.2 cm³/mol. The molecule has 1 fully saturated rings. The summed E-state index contributed by atoms with van der Waals surface area (Å²) in [5, 5.41) is 11.9. The third-order valence-electron chi connectivity index (χ3n) is 3.46. The van der Waals surface area contributed by atoms with Crippen LogP contribution < -0.4 is 11.1 Å². The van der Waals surface area contributed by atoms with Gasteiger partial charge < -0.3 is 5.11 Å². The summed E-state index contributed by atoms with van der Waals surface area (Å²) in [5.41, 5.74) is -1.09. The fourth-order valence-corrected chi connectivity index (χ4v) is 4.65. The molecule has 23 heavy (non-hydrogen) atoms. The zero-order valence-corrected chi connectivity index (χ0v) is 13.6. The number of aromatic amines is 1. The quantitative estimate of drug-likeness (QED) is 0.408. The van der Waals surface area contributed by atoms with Crippen molar-refractivity contribution in [3.05, 3.63) is 32.0 Å². The first-order valence-electron chi connectivity index (χ1n) is 6.57. The molecule has 1 saturated heterocycles. The first-order chi connectivity index (χ1) is 10.9. The van der Waals surface area contributed by atoms with Gasteiger partial charge in [-0.05, 0) is 5.57 Å². The van der Waals surface area contributed by atoms with Crippen LogP contribution >= 0.6 is 23.5 Å². The number of carboxylic acid groups (broad SMARTS) is 1. The fraction of sp³-hybridized carbons (Fsp3) is 0.417. The average molecular weight is 356 g/mol. The van der Waals surface area contributed by atoms with Crippen molar-refractivity contribution < 1.29 is 14.7 Å². The van der Waals surface area contributed by atoms with Crippen molar-refractivity contribution >= 4 is 35.4 Å². The van der Waals surface area contributed by atoms with Gasteiger partial charge in [0.2, 0.25) is 5.91 Å². The SMILES string of the molecule is Cn1[nH]c(=O)c(=O)nc1SCC1=C(C(=O)O)N2C(=O)CC2SC1. The number of hydrogen-bond donors (Lipinski definition) is 2. The molecule has 3 rings (SSSR count). The molecule has 1 atom stereocenters. The van der Waals surface area contributed by atoms with Gasteiger partial charge in [0.15, 0.2) is 5.16 Å². The maximum Gasteiger partial charge on any atom is 0.352 e. The lowest BCUT2D eigenvalue weighted by Gasteiger charge is -2.43. The molecule has 1 amide bonds. The molecule has 0 aliphatic carbocycles. The number of aryl methyl sites for hydroxylation is 1. The van der Waals surface area contributed by atoms with Crippen LogP contribution in [0.1, 0.15) is 6.42 Å². The van der Waals surface area contributed by atoms with E-state index in [1.54, 1.807) is 0 Å². The molecule has 0 saturated carbocycles. The molecule has 0 aromatic carbocycles. The number of rotatable bonds is 4. The van der Waals surface area contributed by atoms with Gasteiger partial charge in [-0.15, -0.1) is 11.8 Å². The van der Waals surface area contributed by atoms with Crippen LogP contribution in [0.5, 0.6) is 0 Å². The van der Waals surface area contributed by atoms with Crippen molar-refractivity contribution in [3.8, 4) is 0 Å². The number of nitrogens with one attached hydrogen (secondary N) is 1. The van der Waals surface area contributed by atoms with Crippen LogP contribution in [0.2, 0.25) is 0 Å². The summed E-state index contributed by atoms with van der Waals surface area (Å²) < 4.78 is 1.31.